The van der Waals surface area contributed by atoms with Crippen molar-refractivity contribution >= 4 is 62.5 Å². The molecule has 0 amide bonds. The minimum absolute atomic E-state index is 0.00798. The molecule has 0 fully saturated rings. The Labute approximate surface area is 397 Å². The van der Waals surface area contributed by atoms with Crippen LogP contribution in [0.4, 0.5) is 11.4 Å². The molecule has 334 valence electrons. The Morgan fingerprint density at radius 3 is 2.00 bits per heavy atom. The molecular formula is C62H62BN3O. The predicted molar refractivity (Wildman–Crippen MR) is 286 cm³/mol. The van der Waals surface area contributed by atoms with Crippen LogP contribution in [0.25, 0.3) is 72.3 Å². The lowest BCUT2D eigenvalue weighted by Crippen LogP contribution is -2.38. The number of nitrogens with zero attached hydrogens (tertiary/aromatic N) is 2. The molecule has 1 N–H and O–H groups in total. The number of benzene rings is 7. The largest absolute Gasteiger partial charge is 0.436 e. The van der Waals surface area contributed by atoms with Crippen molar-refractivity contribution in [3.63, 3.8) is 0 Å². The Hall–Kier alpha value is -6.33. The number of anilines is 2. The fraction of sp³-hybridized carbons (Fsp3) is 0.306. The topological polar surface area (TPSA) is 43.0 Å². The second-order valence-corrected chi connectivity index (χ2v) is 24.0. The SMILES string of the molecule is CC(C)(C)c1ccc(Nc2cc3c(cc2-c2c4c(c5c6cc(C(C)(C)C)ccc6n6c5c2Bc2cc5nc(-c7ccccc7)oc5cc2-6)C(C)(C)c2ccccc2-4)C(C)(C)CCC3(C)C)cc1. The molecule has 2 aliphatic carbocycles. The van der Waals surface area contributed by atoms with Gasteiger partial charge in [-0.3, -0.25) is 0 Å². The Morgan fingerprint density at radius 1 is 0.642 bits per heavy atom. The van der Waals surface area contributed by atoms with Crippen LogP contribution in [-0.2, 0) is 27.1 Å². The first-order valence-electron chi connectivity index (χ1n) is 24.5. The summed E-state index contributed by atoms with van der Waals surface area (Å²) in [4.78, 5) is 5.15. The molecule has 3 aliphatic rings. The summed E-state index contributed by atoms with van der Waals surface area (Å²) >= 11 is 0. The maximum absolute atomic E-state index is 6.65. The first-order chi connectivity index (χ1) is 31.7. The summed E-state index contributed by atoms with van der Waals surface area (Å²) in [5, 5.41) is 6.80. The van der Waals surface area contributed by atoms with E-state index in [1.165, 1.54) is 94.1 Å². The molecule has 0 bridgehead atoms. The number of nitrogens with one attached hydrogen (secondary N) is 1. The zero-order chi connectivity index (χ0) is 46.7. The van der Waals surface area contributed by atoms with E-state index < -0.39 is 0 Å². The molecular weight excluding hydrogens is 814 g/mol. The molecule has 0 atom stereocenters. The quantitative estimate of drug-likeness (QED) is 0.179. The number of oxazole rings is 1. The van der Waals surface area contributed by atoms with Gasteiger partial charge in [0.05, 0.1) is 5.52 Å². The second-order valence-electron chi connectivity index (χ2n) is 24.0. The average Bonchev–Trinajstić information content (AvgIpc) is 3.93. The highest BCUT2D eigenvalue weighted by Crippen LogP contribution is 2.58. The van der Waals surface area contributed by atoms with E-state index in [-0.39, 0.29) is 27.1 Å². The summed E-state index contributed by atoms with van der Waals surface area (Å²) in [5.74, 6) is 0.650. The Kier molecular flexibility index (Phi) is 8.71. The van der Waals surface area contributed by atoms with E-state index in [0.717, 1.165) is 48.2 Å². The number of aromatic nitrogens is 2. The van der Waals surface area contributed by atoms with Crippen LogP contribution in [0.5, 0.6) is 0 Å². The van der Waals surface area contributed by atoms with E-state index in [9.17, 15) is 0 Å². The molecule has 0 spiro atoms. The fourth-order valence-corrected chi connectivity index (χ4v) is 12.2. The van der Waals surface area contributed by atoms with Crippen LogP contribution in [0.2, 0.25) is 0 Å². The van der Waals surface area contributed by atoms with Gasteiger partial charge in [0.2, 0.25) is 5.89 Å². The van der Waals surface area contributed by atoms with Crippen molar-refractivity contribution in [2.24, 2.45) is 0 Å². The molecule has 0 saturated heterocycles. The lowest BCUT2D eigenvalue weighted by atomic mass is 9.57. The van der Waals surface area contributed by atoms with Crippen LogP contribution in [0.1, 0.15) is 129 Å². The summed E-state index contributed by atoms with van der Waals surface area (Å²) < 4.78 is 9.25. The molecule has 9 aromatic rings. The Bertz CT molecular complexity index is 3550. The summed E-state index contributed by atoms with van der Waals surface area (Å²) in [7, 11) is 0.759. The van der Waals surface area contributed by atoms with Crippen LogP contribution in [0.3, 0.4) is 0 Å². The molecule has 1 aliphatic heterocycles. The number of fused-ring (bicyclic) bond motifs is 11. The van der Waals surface area contributed by atoms with E-state index in [1.54, 1.807) is 0 Å². The van der Waals surface area contributed by atoms with E-state index in [0.29, 0.717) is 5.89 Å². The molecule has 0 saturated carbocycles. The molecule has 3 heterocycles. The monoisotopic (exact) mass is 875 g/mol. The standard InChI is InChI=1S/C62H62BN3O/c1-58(2,3)36-22-25-38(26-23-36)64-46-32-44-43(60(7,8)28-29-61(44,9)10)31-40(46)52-51-39-20-16-17-21-42(39)62(11,12)54(51)53-41-30-37(59(4,5)6)24-27-48(41)66-49-34-50-47(33-45(49)63-55(52)56(53)66)65-57(67-50)35-18-14-13-15-19-35/h13-27,30-34,63-64H,28-29H2,1-12H3. The molecule has 0 radical (unpaired) electrons. The van der Waals surface area contributed by atoms with Crippen molar-refractivity contribution in [1.82, 2.24) is 9.55 Å². The normalized spacial score (nSPS) is 16.4. The fourth-order valence-electron chi connectivity index (χ4n) is 12.2. The van der Waals surface area contributed by atoms with Crippen molar-refractivity contribution < 1.29 is 4.42 Å². The van der Waals surface area contributed by atoms with Crippen LogP contribution in [0, 0.1) is 0 Å². The summed E-state index contributed by atoms with van der Waals surface area (Å²) in [5.41, 5.74) is 24.8. The lowest BCUT2D eigenvalue weighted by Gasteiger charge is -2.42. The Balaban J connectivity index is 1.24. The van der Waals surface area contributed by atoms with Gasteiger partial charge < -0.3 is 14.3 Å². The number of hydrogen-bond donors (Lipinski definition) is 1. The van der Waals surface area contributed by atoms with Gasteiger partial charge in [0.15, 0.2) is 12.9 Å². The van der Waals surface area contributed by atoms with Gasteiger partial charge in [0, 0.05) is 56.0 Å². The Morgan fingerprint density at radius 2 is 1.30 bits per heavy atom. The molecule has 67 heavy (non-hydrogen) atoms. The maximum Gasteiger partial charge on any atom is 0.227 e. The highest BCUT2D eigenvalue weighted by atomic mass is 16.3. The zero-order valence-electron chi connectivity index (χ0n) is 41.5. The van der Waals surface area contributed by atoms with Gasteiger partial charge in [0.25, 0.3) is 0 Å². The summed E-state index contributed by atoms with van der Waals surface area (Å²) in [6.07, 6.45) is 2.29. The van der Waals surface area contributed by atoms with E-state index in [2.05, 4.69) is 196 Å². The smallest absolute Gasteiger partial charge is 0.227 e. The van der Waals surface area contributed by atoms with Gasteiger partial charge in [-0.25, -0.2) is 4.98 Å². The van der Waals surface area contributed by atoms with Crippen LogP contribution < -0.4 is 16.2 Å². The van der Waals surface area contributed by atoms with Gasteiger partial charge in [-0.05, 0) is 145 Å². The molecule has 2 aromatic heterocycles. The van der Waals surface area contributed by atoms with Crippen molar-refractivity contribution in [2.75, 3.05) is 5.32 Å². The van der Waals surface area contributed by atoms with Gasteiger partial charge in [-0.2, -0.15) is 0 Å². The molecule has 4 nitrogen and oxygen atoms in total. The third-order valence-corrected chi connectivity index (χ3v) is 16.2. The minimum atomic E-state index is -0.276. The third kappa shape index (κ3) is 6.22. The minimum Gasteiger partial charge on any atom is -0.436 e. The van der Waals surface area contributed by atoms with Gasteiger partial charge in [-0.1, -0.05) is 149 Å². The molecule has 0 unspecified atom stereocenters. The lowest BCUT2D eigenvalue weighted by molar-refractivity contribution is 0.332. The number of hydrogen-bond acceptors (Lipinski definition) is 3. The van der Waals surface area contributed by atoms with Crippen molar-refractivity contribution in [2.45, 2.75) is 123 Å². The van der Waals surface area contributed by atoms with Gasteiger partial charge in [-0.15, -0.1) is 0 Å². The number of rotatable bonds is 4. The van der Waals surface area contributed by atoms with E-state index in [1.807, 2.05) is 18.2 Å². The van der Waals surface area contributed by atoms with Crippen LogP contribution in [-0.4, -0.2) is 16.8 Å². The average molecular weight is 876 g/mol. The van der Waals surface area contributed by atoms with Crippen molar-refractivity contribution in [3.8, 4) is 39.4 Å². The second kappa shape index (κ2) is 13.9. The van der Waals surface area contributed by atoms with E-state index >= 15 is 0 Å². The van der Waals surface area contributed by atoms with Gasteiger partial charge in [0.1, 0.15) is 5.52 Å². The molecule has 5 heteroatoms. The maximum atomic E-state index is 6.65. The first kappa shape index (κ1) is 42.1. The summed E-state index contributed by atoms with van der Waals surface area (Å²) in [6, 6.07) is 45.8. The van der Waals surface area contributed by atoms with Crippen LogP contribution >= 0.6 is 0 Å². The molecule has 12 rings (SSSR count). The van der Waals surface area contributed by atoms with Crippen molar-refractivity contribution in [1.29, 1.82) is 0 Å². The highest BCUT2D eigenvalue weighted by molar-refractivity contribution is 6.74. The third-order valence-electron chi connectivity index (χ3n) is 16.2. The van der Waals surface area contributed by atoms with Crippen molar-refractivity contribution in [3.05, 3.63) is 155 Å². The first-order valence-corrected chi connectivity index (χ1v) is 24.5. The zero-order valence-corrected chi connectivity index (χ0v) is 41.5. The highest BCUT2D eigenvalue weighted by Gasteiger charge is 2.44. The van der Waals surface area contributed by atoms with Gasteiger partial charge >= 0.3 is 0 Å². The van der Waals surface area contributed by atoms with Crippen LogP contribution in [0.15, 0.2) is 126 Å². The molecule has 7 aromatic carbocycles. The summed E-state index contributed by atoms with van der Waals surface area (Å²) in [6.45, 7) is 28.6. The predicted octanol–water partition coefficient (Wildman–Crippen LogP) is 15.0. The van der Waals surface area contributed by atoms with E-state index in [4.69, 9.17) is 9.40 Å².